The van der Waals surface area contributed by atoms with Gasteiger partial charge in [0.2, 0.25) is 12.7 Å². The van der Waals surface area contributed by atoms with E-state index in [1.165, 1.54) is 11.8 Å². The number of carbonyl (C=O) groups is 1. The number of allylic oxidation sites excluding steroid dienone is 1. The Kier molecular flexibility index (Phi) is 5.59. The van der Waals surface area contributed by atoms with Gasteiger partial charge in [-0.25, -0.2) is 0 Å². The first-order chi connectivity index (χ1) is 15.7. The van der Waals surface area contributed by atoms with Gasteiger partial charge in [-0.2, -0.15) is 0 Å². The molecule has 2 aliphatic heterocycles. The van der Waals surface area contributed by atoms with Gasteiger partial charge in [0.05, 0.1) is 5.75 Å². The van der Waals surface area contributed by atoms with Crippen molar-refractivity contribution in [3.8, 4) is 23.0 Å². The first-order valence-corrected chi connectivity index (χ1v) is 10.9. The van der Waals surface area contributed by atoms with Gasteiger partial charge in [-0.05, 0) is 24.3 Å². The number of rotatable bonds is 7. The molecule has 1 N–H and O–H groups in total. The molecule has 32 heavy (non-hydrogen) atoms. The normalized spacial score (nSPS) is 15.9. The summed E-state index contributed by atoms with van der Waals surface area (Å²) in [6.45, 7) is 4.81. The average molecular weight is 452 g/mol. The van der Waals surface area contributed by atoms with Crippen molar-refractivity contribution in [1.29, 1.82) is 0 Å². The van der Waals surface area contributed by atoms with Crippen molar-refractivity contribution >= 4 is 23.4 Å². The van der Waals surface area contributed by atoms with E-state index in [2.05, 4.69) is 22.1 Å². The summed E-state index contributed by atoms with van der Waals surface area (Å²) in [4.78, 5) is 12.5. The zero-order chi connectivity index (χ0) is 21.9. The highest BCUT2D eigenvalue weighted by Crippen LogP contribution is 2.36. The number of hydrogen-bond donors (Lipinski definition) is 1. The standard InChI is InChI=1S/C22H20N4O5S/c1-2-9-26-21(19-11-28-15-5-3-4-6-17(15)31-19)24-25-22(26)32-12-20(27)23-14-7-8-16-18(10-14)30-13-29-16/h2-8,10,19H,1,9,11-13H2,(H,23,27)/t19-/m1/s1. The third-order valence-corrected chi connectivity index (χ3v) is 5.81. The predicted octanol–water partition coefficient (Wildman–Crippen LogP) is 3.44. The van der Waals surface area contributed by atoms with Crippen molar-refractivity contribution in [2.24, 2.45) is 0 Å². The molecule has 5 rings (SSSR count). The van der Waals surface area contributed by atoms with Crippen molar-refractivity contribution in [2.75, 3.05) is 24.5 Å². The summed E-state index contributed by atoms with van der Waals surface area (Å²) in [5.41, 5.74) is 0.638. The Morgan fingerprint density at radius 1 is 1.12 bits per heavy atom. The van der Waals surface area contributed by atoms with Crippen molar-refractivity contribution in [3.63, 3.8) is 0 Å². The summed E-state index contributed by atoms with van der Waals surface area (Å²) < 4.78 is 24.4. The molecule has 1 atom stereocenters. The zero-order valence-corrected chi connectivity index (χ0v) is 17.8. The number of carbonyl (C=O) groups excluding carboxylic acids is 1. The van der Waals surface area contributed by atoms with E-state index in [9.17, 15) is 4.79 Å². The second-order valence-electron chi connectivity index (χ2n) is 7.01. The van der Waals surface area contributed by atoms with Gasteiger partial charge in [-0.15, -0.1) is 16.8 Å². The van der Waals surface area contributed by atoms with E-state index in [0.29, 0.717) is 52.8 Å². The van der Waals surface area contributed by atoms with E-state index in [1.54, 1.807) is 24.3 Å². The number of para-hydroxylation sites is 2. The van der Waals surface area contributed by atoms with Crippen LogP contribution in [0.2, 0.25) is 0 Å². The Hall–Kier alpha value is -3.66. The fraction of sp³-hybridized carbons (Fsp3) is 0.227. The third-order valence-electron chi connectivity index (χ3n) is 4.84. The first-order valence-electron chi connectivity index (χ1n) is 9.96. The molecule has 0 unspecified atom stereocenters. The van der Waals surface area contributed by atoms with Gasteiger partial charge in [0.1, 0.15) is 6.61 Å². The molecule has 0 aliphatic carbocycles. The number of benzene rings is 2. The zero-order valence-electron chi connectivity index (χ0n) is 17.0. The number of anilines is 1. The summed E-state index contributed by atoms with van der Waals surface area (Å²) in [7, 11) is 0. The van der Waals surface area contributed by atoms with Crippen molar-refractivity contribution in [1.82, 2.24) is 14.8 Å². The predicted molar refractivity (Wildman–Crippen MR) is 117 cm³/mol. The molecule has 0 saturated carbocycles. The smallest absolute Gasteiger partial charge is 0.234 e. The number of nitrogens with one attached hydrogen (secondary N) is 1. The quantitative estimate of drug-likeness (QED) is 0.430. The van der Waals surface area contributed by atoms with E-state index in [-0.39, 0.29) is 18.5 Å². The maximum atomic E-state index is 12.5. The van der Waals surface area contributed by atoms with Gasteiger partial charge >= 0.3 is 0 Å². The minimum atomic E-state index is -0.408. The summed E-state index contributed by atoms with van der Waals surface area (Å²) in [5.74, 6) is 3.26. The fourth-order valence-corrected chi connectivity index (χ4v) is 4.15. The van der Waals surface area contributed by atoms with Gasteiger partial charge in [-0.3, -0.25) is 9.36 Å². The van der Waals surface area contributed by atoms with Crippen LogP contribution in [0.4, 0.5) is 5.69 Å². The van der Waals surface area contributed by atoms with Crippen LogP contribution in [0.25, 0.3) is 0 Å². The Balaban J connectivity index is 1.26. The maximum Gasteiger partial charge on any atom is 0.234 e. The summed E-state index contributed by atoms with van der Waals surface area (Å²) in [5, 5.41) is 12.0. The average Bonchev–Trinajstić information content (AvgIpc) is 3.44. The van der Waals surface area contributed by atoms with Gasteiger partial charge in [-0.1, -0.05) is 30.0 Å². The highest BCUT2D eigenvalue weighted by molar-refractivity contribution is 7.99. The van der Waals surface area contributed by atoms with Crippen molar-refractivity contribution in [3.05, 3.63) is 60.9 Å². The summed E-state index contributed by atoms with van der Waals surface area (Å²) >= 11 is 1.29. The van der Waals surface area contributed by atoms with Crippen LogP contribution in [0, 0.1) is 0 Å². The van der Waals surface area contributed by atoms with Crippen LogP contribution < -0.4 is 24.3 Å². The van der Waals surface area contributed by atoms with E-state index in [4.69, 9.17) is 18.9 Å². The van der Waals surface area contributed by atoms with Crippen LogP contribution in [-0.2, 0) is 11.3 Å². The van der Waals surface area contributed by atoms with Gasteiger partial charge in [0.15, 0.2) is 40.1 Å². The van der Waals surface area contributed by atoms with E-state index in [1.807, 2.05) is 28.8 Å². The van der Waals surface area contributed by atoms with Crippen LogP contribution in [0.1, 0.15) is 11.9 Å². The van der Waals surface area contributed by atoms with E-state index < -0.39 is 6.10 Å². The highest BCUT2D eigenvalue weighted by atomic mass is 32.2. The molecule has 0 bridgehead atoms. The third kappa shape index (κ3) is 4.09. The molecule has 1 amide bonds. The lowest BCUT2D eigenvalue weighted by atomic mass is 10.2. The monoisotopic (exact) mass is 452 g/mol. The topological polar surface area (TPSA) is 96.7 Å². The highest BCUT2D eigenvalue weighted by Gasteiger charge is 2.28. The van der Waals surface area contributed by atoms with E-state index in [0.717, 1.165) is 0 Å². The Bertz CT molecular complexity index is 1160. The summed E-state index contributed by atoms with van der Waals surface area (Å²) in [6, 6.07) is 12.8. The number of hydrogen-bond acceptors (Lipinski definition) is 8. The summed E-state index contributed by atoms with van der Waals surface area (Å²) in [6.07, 6.45) is 1.34. The Morgan fingerprint density at radius 3 is 2.81 bits per heavy atom. The Morgan fingerprint density at radius 2 is 1.94 bits per heavy atom. The minimum Gasteiger partial charge on any atom is -0.485 e. The molecule has 9 nitrogen and oxygen atoms in total. The Labute approximate surface area is 188 Å². The number of fused-ring (bicyclic) bond motifs is 2. The largest absolute Gasteiger partial charge is 0.485 e. The molecular formula is C22H20N4O5S. The number of nitrogens with zero attached hydrogens (tertiary/aromatic N) is 3. The van der Waals surface area contributed by atoms with Crippen LogP contribution in [-0.4, -0.2) is 39.8 Å². The van der Waals surface area contributed by atoms with Crippen molar-refractivity contribution < 1.29 is 23.7 Å². The molecule has 3 aromatic rings. The molecule has 1 aromatic heterocycles. The number of thioether (sulfide) groups is 1. The molecule has 2 aromatic carbocycles. The van der Waals surface area contributed by atoms with Crippen LogP contribution in [0.15, 0.2) is 60.3 Å². The van der Waals surface area contributed by atoms with Gasteiger partial charge in [0, 0.05) is 18.3 Å². The number of aromatic nitrogens is 3. The first kappa shape index (κ1) is 20.3. The lowest BCUT2D eigenvalue weighted by Gasteiger charge is -2.26. The molecule has 164 valence electrons. The number of ether oxygens (including phenoxy) is 4. The molecule has 3 heterocycles. The molecule has 2 aliphatic rings. The molecule has 0 spiro atoms. The molecule has 10 heteroatoms. The lowest BCUT2D eigenvalue weighted by Crippen LogP contribution is -2.25. The lowest BCUT2D eigenvalue weighted by molar-refractivity contribution is -0.113. The molecule has 0 saturated heterocycles. The van der Waals surface area contributed by atoms with Gasteiger partial charge in [0.25, 0.3) is 0 Å². The SMILES string of the molecule is C=CCn1c(SCC(=O)Nc2ccc3c(c2)OCO3)nnc1[C@H]1COc2ccccc2O1. The second kappa shape index (κ2) is 8.83. The van der Waals surface area contributed by atoms with Crippen LogP contribution >= 0.6 is 11.8 Å². The minimum absolute atomic E-state index is 0.161. The van der Waals surface area contributed by atoms with Crippen LogP contribution in [0.5, 0.6) is 23.0 Å². The second-order valence-corrected chi connectivity index (χ2v) is 7.95. The van der Waals surface area contributed by atoms with Gasteiger partial charge < -0.3 is 24.3 Å². The maximum absolute atomic E-state index is 12.5. The number of amides is 1. The van der Waals surface area contributed by atoms with Crippen LogP contribution in [0.3, 0.4) is 0 Å². The molecule has 0 fully saturated rings. The fourth-order valence-electron chi connectivity index (χ4n) is 3.39. The molecule has 0 radical (unpaired) electrons. The molecular weight excluding hydrogens is 432 g/mol. The van der Waals surface area contributed by atoms with Crippen molar-refractivity contribution in [2.45, 2.75) is 17.8 Å². The van der Waals surface area contributed by atoms with E-state index >= 15 is 0 Å².